The maximum Gasteiger partial charge on any atom is 0.0704 e. The van der Waals surface area contributed by atoms with Crippen molar-refractivity contribution >= 4 is 15.9 Å². The van der Waals surface area contributed by atoms with Crippen LogP contribution in [0, 0.1) is 5.41 Å². The summed E-state index contributed by atoms with van der Waals surface area (Å²) < 4.78 is 11.3. The topological polar surface area (TPSA) is 18.5 Å². The molecule has 2 saturated carbocycles. The smallest absolute Gasteiger partial charge is 0.0704 e. The number of hydrogen-bond donors (Lipinski definition) is 0. The van der Waals surface area contributed by atoms with Gasteiger partial charge >= 0.3 is 0 Å². The summed E-state index contributed by atoms with van der Waals surface area (Å²) >= 11 is 3.83. The maximum absolute atomic E-state index is 5.99. The maximum atomic E-state index is 5.99. The molecule has 0 aliphatic heterocycles. The highest BCUT2D eigenvalue weighted by atomic mass is 79.9. The number of alkyl halides is 1. The van der Waals surface area contributed by atoms with Crippen molar-refractivity contribution in [3.05, 3.63) is 0 Å². The van der Waals surface area contributed by atoms with Crippen LogP contribution in [0.3, 0.4) is 0 Å². The Labute approximate surface area is 107 Å². The standard InChI is InChI=1S/C13H23BrO2/c1-2-15-8-9-16-12-10-11(14)13(12)6-4-3-5-7-13/h11-12H,2-10H2,1H3. The van der Waals surface area contributed by atoms with Crippen LogP contribution in [-0.4, -0.2) is 30.8 Å². The molecule has 2 aliphatic rings. The van der Waals surface area contributed by atoms with Crippen LogP contribution in [0.25, 0.3) is 0 Å². The third-order valence-electron chi connectivity index (χ3n) is 4.22. The summed E-state index contributed by atoms with van der Waals surface area (Å²) in [6.07, 6.45) is 8.54. The molecule has 0 aromatic rings. The zero-order chi connectivity index (χ0) is 11.4. The van der Waals surface area contributed by atoms with Gasteiger partial charge in [-0.05, 0) is 26.2 Å². The zero-order valence-corrected chi connectivity index (χ0v) is 11.8. The minimum absolute atomic E-state index is 0.463. The average Bonchev–Trinajstić information content (AvgIpc) is 2.34. The first-order valence-electron chi connectivity index (χ1n) is 6.63. The molecule has 0 saturated heterocycles. The molecule has 0 radical (unpaired) electrons. The highest BCUT2D eigenvalue weighted by Gasteiger charge is 2.54. The predicted molar refractivity (Wildman–Crippen MR) is 69.1 cm³/mol. The summed E-state index contributed by atoms with van der Waals surface area (Å²) in [7, 11) is 0. The number of ether oxygens (including phenoxy) is 2. The number of rotatable bonds is 5. The van der Waals surface area contributed by atoms with Gasteiger partial charge in [0.25, 0.3) is 0 Å². The third-order valence-corrected chi connectivity index (χ3v) is 5.51. The van der Waals surface area contributed by atoms with E-state index < -0.39 is 0 Å². The Kier molecular flexibility index (Phi) is 4.68. The van der Waals surface area contributed by atoms with E-state index in [0.29, 0.717) is 16.3 Å². The minimum Gasteiger partial charge on any atom is -0.379 e. The quantitative estimate of drug-likeness (QED) is 0.570. The summed E-state index contributed by atoms with van der Waals surface area (Å²) in [4.78, 5) is 0.692. The van der Waals surface area contributed by atoms with E-state index in [0.717, 1.165) is 19.8 Å². The van der Waals surface area contributed by atoms with Gasteiger partial charge in [0, 0.05) is 16.8 Å². The van der Waals surface area contributed by atoms with Gasteiger partial charge in [0.05, 0.1) is 19.3 Å². The highest BCUT2D eigenvalue weighted by Crippen LogP contribution is 2.56. The van der Waals surface area contributed by atoms with Gasteiger partial charge in [0.15, 0.2) is 0 Å². The van der Waals surface area contributed by atoms with Gasteiger partial charge in [-0.2, -0.15) is 0 Å². The van der Waals surface area contributed by atoms with E-state index >= 15 is 0 Å². The Morgan fingerprint density at radius 2 is 1.94 bits per heavy atom. The fourth-order valence-corrected chi connectivity index (χ4v) is 4.26. The predicted octanol–water partition coefficient (Wildman–Crippen LogP) is 3.53. The molecule has 2 aliphatic carbocycles. The van der Waals surface area contributed by atoms with Crippen molar-refractivity contribution in [2.24, 2.45) is 5.41 Å². The molecule has 0 N–H and O–H groups in total. The van der Waals surface area contributed by atoms with Crippen molar-refractivity contribution in [3.8, 4) is 0 Å². The van der Waals surface area contributed by atoms with Gasteiger partial charge in [-0.15, -0.1) is 0 Å². The summed E-state index contributed by atoms with van der Waals surface area (Å²) in [5, 5.41) is 0. The second-order valence-corrected chi connectivity index (χ2v) is 6.16. The first-order chi connectivity index (χ1) is 7.79. The van der Waals surface area contributed by atoms with Crippen LogP contribution in [0.4, 0.5) is 0 Å². The molecule has 16 heavy (non-hydrogen) atoms. The molecular weight excluding hydrogens is 268 g/mol. The molecule has 94 valence electrons. The average molecular weight is 291 g/mol. The van der Waals surface area contributed by atoms with Crippen molar-refractivity contribution < 1.29 is 9.47 Å². The molecule has 2 rings (SSSR count). The lowest BCUT2D eigenvalue weighted by atomic mass is 9.58. The summed E-state index contributed by atoms with van der Waals surface area (Å²) in [5.74, 6) is 0. The van der Waals surface area contributed by atoms with Gasteiger partial charge in [-0.3, -0.25) is 0 Å². The molecule has 0 heterocycles. The van der Waals surface area contributed by atoms with Crippen molar-refractivity contribution in [2.45, 2.75) is 56.4 Å². The van der Waals surface area contributed by atoms with Gasteiger partial charge in [0.1, 0.15) is 0 Å². The summed E-state index contributed by atoms with van der Waals surface area (Å²) in [6.45, 7) is 4.33. The highest BCUT2D eigenvalue weighted by molar-refractivity contribution is 9.09. The minimum atomic E-state index is 0.463. The van der Waals surface area contributed by atoms with Crippen molar-refractivity contribution in [2.75, 3.05) is 19.8 Å². The van der Waals surface area contributed by atoms with E-state index in [4.69, 9.17) is 9.47 Å². The molecule has 2 fully saturated rings. The molecule has 0 amide bonds. The van der Waals surface area contributed by atoms with Crippen molar-refractivity contribution in [1.82, 2.24) is 0 Å². The Bertz CT molecular complexity index is 214. The van der Waals surface area contributed by atoms with Crippen molar-refractivity contribution in [3.63, 3.8) is 0 Å². The lowest BCUT2D eigenvalue weighted by Crippen LogP contribution is -2.56. The summed E-state index contributed by atoms with van der Waals surface area (Å²) in [5.41, 5.74) is 0.463. The molecule has 0 aromatic carbocycles. The first kappa shape index (κ1) is 12.8. The molecule has 3 heteroatoms. The van der Waals surface area contributed by atoms with Gasteiger partial charge in [0.2, 0.25) is 0 Å². The van der Waals surface area contributed by atoms with Crippen LogP contribution >= 0.6 is 15.9 Å². The Hall–Kier alpha value is 0.400. The molecule has 2 nitrogen and oxygen atoms in total. The Balaban J connectivity index is 1.77. The van der Waals surface area contributed by atoms with Crippen LogP contribution in [-0.2, 0) is 9.47 Å². The SMILES string of the molecule is CCOCCOC1CC(Br)C12CCCCC2. The van der Waals surface area contributed by atoms with Gasteiger partial charge in [-0.1, -0.05) is 35.2 Å². The van der Waals surface area contributed by atoms with Crippen molar-refractivity contribution in [1.29, 1.82) is 0 Å². The fraction of sp³-hybridized carbons (Fsp3) is 1.00. The van der Waals surface area contributed by atoms with E-state index in [1.807, 2.05) is 6.92 Å². The van der Waals surface area contributed by atoms with E-state index in [9.17, 15) is 0 Å². The van der Waals surface area contributed by atoms with E-state index in [1.165, 1.54) is 38.5 Å². The second-order valence-electron chi connectivity index (χ2n) is 5.05. The Morgan fingerprint density at radius 1 is 1.19 bits per heavy atom. The fourth-order valence-electron chi connectivity index (χ4n) is 3.17. The number of hydrogen-bond acceptors (Lipinski definition) is 2. The monoisotopic (exact) mass is 290 g/mol. The Morgan fingerprint density at radius 3 is 2.56 bits per heavy atom. The van der Waals surface area contributed by atoms with Crippen LogP contribution < -0.4 is 0 Å². The van der Waals surface area contributed by atoms with Crippen LogP contribution in [0.1, 0.15) is 45.4 Å². The number of halogens is 1. The third kappa shape index (κ3) is 2.46. The lowest BCUT2D eigenvalue weighted by molar-refractivity contribution is -0.129. The van der Waals surface area contributed by atoms with E-state index in [1.54, 1.807) is 0 Å². The van der Waals surface area contributed by atoms with E-state index in [2.05, 4.69) is 15.9 Å². The normalized spacial score (nSPS) is 32.6. The first-order valence-corrected chi connectivity index (χ1v) is 7.54. The zero-order valence-electron chi connectivity index (χ0n) is 10.2. The lowest BCUT2D eigenvalue weighted by Gasteiger charge is -2.55. The molecule has 0 bridgehead atoms. The van der Waals surface area contributed by atoms with Crippen LogP contribution in [0.5, 0.6) is 0 Å². The van der Waals surface area contributed by atoms with Gasteiger partial charge < -0.3 is 9.47 Å². The van der Waals surface area contributed by atoms with Gasteiger partial charge in [-0.25, -0.2) is 0 Å². The molecule has 0 aromatic heterocycles. The summed E-state index contributed by atoms with van der Waals surface area (Å²) in [6, 6.07) is 0. The molecule has 2 unspecified atom stereocenters. The second kappa shape index (κ2) is 5.83. The van der Waals surface area contributed by atoms with E-state index in [-0.39, 0.29) is 0 Å². The molecular formula is C13H23BrO2. The molecule has 1 spiro atoms. The molecule has 2 atom stereocenters. The van der Waals surface area contributed by atoms with Crippen LogP contribution in [0.2, 0.25) is 0 Å². The van der Waals surface area contributed by atoms with Crippen LogP contribution in [0.15, 0.2) is 0 Å². The largest absolute Gasteiger partial charge is 0.379 e.